The first kappa shape index (κ1) is 20.5. The molecule has 0 saturated carbocycles. The summed E-state index contributed by atoms with van der Waals surface area (Å²) in [5.74, 6) is -1.41. The molecular weight excluding hydrogens is 368 g/mol. The minimum atomic E-state index is -0.689. The number of halogens is 1. The molecule has 0 aliphatic carbocycles. The van der Waals surface area contributed by atoms with Crippen LogP contribution in [0.25, 0.3) is 0 Å². The summed E-state index contributed by atoms with van der Waals surface area (Å²) in [7, 11) is 0. The van der Waals surface area contributed by atoms with Crippen LogP contribution in [0.1, 0.15) is 32.1 Å². The minimum Gasteiger partial charge on any atom is -0.456 e. The third kappa shape index (κ3) is 5.31. The number of amides is 1. The van der Waals surface area contributed by atoms with E-state index in [1.165, 1.54) is 0 Å². The van der Waals surface area contributed by atoms with E-state index in [4.69, 9.17) is 16.3 Å². The van der Waals surface area contributed by atoms with E-state index in [1.807, 2.05) is 18.4 Å². The number of Topliss-reactive ketones (excluding diaryl/α,β-unsaturated/α-hetero) is 1. The summed E-state index contributed by atoms with van der Waals surface area (Å²) in [6, 6.07) is 8.01. The second-order valence-corrected chi connectivity index (χ2v) is 6.39. The molecule has 0 atom stereocenters. The van der Waals surface area contributed by atoms with Gasteiger partial charge in [0.15, 0.2) is 6.61 Å². The number of hydrogen-bond donors (Lipinski definition) is 1. The second kappa shape index (κ2) is 9.19. The van der Waals surface area contributed by atoms with Gasteiger partial charge in [0.1, 0.15) is 6.54 Å². The number of rotatable bonds is 8. The van der Waals surface area contributed by atoms with Gasteiger partial charge >= 0.3 is 5.97 Å². The van der Waals surface area contributed by atoms with Gasteiger partial charge < -0.3 is 14.6 Å². The number of aryl methyl sites for hydroxylation is 1. The zero-order valence-corrected chi connectivity index (χ0v) is 16.0. The van der Waals surface area contributed by atoms with Crippen molar-refractivity contribution in [3.05, 3.63) is 70.5 Å². The number of ketones is 1. The van der Waals surface area contributed by atoms with Gasteiger partial charge in [0, 0.05) is 34.1 Å². The minimum absolute atomic E-state index is 0.296. The Morgan fingerprint density at radius 3 is 2.52 bits per heavy atom. The Labute approximate surface area is 162 Å². The largest absolute Gasteiger partial charge is 0.456 e. The molecule has 1 heterocycles. The fraction of sp³-hybridized carbons (Fsp3) is 0.250. The number of nitrogens with zero attached hydrogens (tertiary/aromatic N) is 1. The Morgan fingerprint density at radius 2 is 1.89 bits per heavy atom. The monoisotopic (exact) mass is 388 g/mol. The highest BCUT2D eigenvalue weighted by Gasteiger charge is 2.17. The van der Waals surface area contributed by atoms with Gasteiger partial charge in [-0.05, 0) is 44.2 Å². The smallest absolute Gasteiger partial charge is 0.325 e. The standard InChI is InChI=1S/C20H21ClN2O4/c1-4-9-23-13(2)10-17(14(23)3)18(24)12-27-19(25)11-22-20(26)15-5-7-16(21)8-6-15/h4-8,10H,1,9,11-12H2,2-3H3,(H,22,26). The lowest BCUT2D eigenvalue weighted by atomic mass is 10.1. The molecule has 1 aromatic heterocycles. The molecule has 0 radical (unpaired) electrons. The van der Waals surface area contributed by atoms with E-state index in [9.17, 15) is 14.4 Å². The zero-order chi connectivity index (χ0) is 20.0. The number of carbonyl (C=O) groups excluding carboxylic acids is 3. The number of nitrogens with one attached hydrogen (secondary N) is 1. The van der Waals surface area contributed by atoms with Crippen molar-refractivity contribution in [3.63, 3.8) is 0 Å². The Balaban J connectivity index is 1.85. The van der Waals surface area contributed by atoms with E-state index in [1.54, 1.807) is 36.4 Å². The van der Waals surface area contributed by atoms with E-state index in [0.717, 1.165) is 11.4 Å². The summed E-state index contributed by atoms with van der Waals surface area (Å²) in [6.07, 6.45) is 1.75. The van der Waals surface area contributed by atoms with E-state index < -0.39 is 11.9 Å². The maximum Gasteiger partial charge on any atom is 0.325 e. The van der Waals surface area contributed by atoms with Gasteiger partial charge in [-0.15, -0.1) is 6.58 Å². The van der Waals surface area contributed by atoms with Crippen molar-refractivity contribution in [2.75, 3.05) is 13.2 Å². The second-order valence-electron chi connectivity index (χ2n) is 5.96. The summed E-state index contributed by atoms with van der Waals surface area (Å²) in [5, 5.41) is 2.95. The van der Waals surface area contributed by atoms with Crippen LogP contribution >= 0.6 is 11.6 Å². The fourth-order valence-electron chi connectivity index (χ4n) is 2.62. The molecule has 2 rings (SSSR count). The summed E-state index contributed by atoms with van der Waals surface area (Å²) >= 11 is 5.76. The van der Waals surface area contributed by atoms with Gasteiger partial charge in [-0.1, -0.05) is 17.7 Å². The van der Waals surface area contributed by atoms with E-state index >= 15 is 0 Å². The number of hydrogen-bond acceptors (Lipinski definition) is 4. The summed E-state index contributed by atoms with van der Waals surface area (Å²) in [5.41, 5.74) is 2.60. The van der Waals surface area contributed by atoms with Crippen molar-refractivity contribution in [1.82, 2.24) is 9.88 Å². The van der Waals surface area contributed by atoms with Gasteiger partial charge in [-0.3, -0.25) is 14.4 Å². The first-order valence-corrected chi connectivity index (χ1v) is 8.71. The number of benzene rings is 1. The van der Waals surface area contributed by atoms with Gasteiger partial charge in [0.25, 0.3) is 5.91 Å². The molecule has 0 saturated heterocycles. The molecule has 1 aromatic carbocycles. The molecule has 7 heteroatoms. The third-order valence-electron chi connectivity index (χ3n) is 4.05. The lowest BCUT2D eigenvalue weighted by Gasteiger charge is -2.08. The van der Waals surface area contributed by atoms with Gasteiger partial charge in [0.2, 0.25) is 5.78 Å². The number of esters is 1. The van der Waals surface area contributed by atoms with Crippen LogP contribution in [-0.2, 0) is 16.1 Å². The van der Waals surface area contributed by atoms with Crippen LogP contribution in [0.5, 0.6) is 0 Å². The van der Waals surface area contributed by atoms with E-state index in [-0.39, 0.29) is 18.9 Å². The van der Waals surface area contributed by atoms with Crippen LogP contribution in [0.3, 0.4) is 0 Å². The molecule has 1 N–H and O–H groups in total. The van der Waals surface area contributed by atoms with Crippen molar-refractivity contribution >= 4 is 29.3 Å². The van der Waals surface area contributed by atoms with Crippen molar-refractivity contribution < 1.29 is 19.1 Å². The predicted octanol–water partition coefficient (Wildman–Crippen LogP) is 3.10. The highest BCUT2D eigenvalue weighted by atomic mass is 35.5. The topological polar surface area (TPSA) is 77.4 Å². The molecule has 6 nitrogen and oxygen atoms in total. The molecule has 0 aliphatic rings. The molecule has 0 bridgehead atoms. The lowest BCUT2D eigenvalue weighted by Crippen LogP contribution is -2.31. The average Bonchev–Trinajstić information content (AvgIpc) is 2.93. The van der Waals surface area contributed by atoms with Crippen molar-refractivity contribution in [2.45, 2.75) is 20.4 Å². The maximum absolute atomic E-state index is 12.3. The zero-order valence-electron chi connectivity index (χ0n) is 15.3. The summed E-state index contributed by atoms with van der Waals surface area (Å²) in [4.78, 5) is 36.0. The molecule has 0 spiro atoms. The maximum atomic E-state index is 12.3. The van der Waals surface area contributed by atoms with E-state index in [2.05, 4.69) is 11.9 Å². The molecule has 0 fully saturated rings. The molecule has 142 valence electrons. The molecule has 1 amide bonds. The van der Waals surface area contributed by atoms with Crippen molar-refractivity contribution in [2.24, 2.45) is 0 Å². The lowest BCUT2D eigenvalue weighted by molar-refractivity contribution is -0.141. The molecule has 0 aliphatic heterocycles. The van der Waals surface area contributed by atoms with Gasteiger partial charge in [-0.25, -0.2) is 0 Å². The molecule has 27 heavy (non-hydrogen) atoms. The Hall–Kier alpha value is -2.86. The highest BCUT2D eigenvalue weighted by Crippen LogP contribution is 2.16. The summed E-state index contributed by atoms with van der Waals surface area (Å²) in [6.45, 7) is 7.31. The number of allylic oxidation sites excluding steroid dienone is 1. The quantitative estimate of drug-likeness (QED) is 0.428. The first-order chi connectivity index (χ1) is 12.8. The van der Waals surface area contributed by atoms with Crippen molar-refractivity contribution in [1.29, 1.82) is 0 Å². The first-order valence-electron chi connectivity index (χ1n) is 8.33. The number of ether oxygens (including phenoxy) is 1. The fourth-order valence-corrected chi connectivity index (χ4v) is 2.75. The number of carbonyl (C=O) groups is 3. The van der Waals surface area contributed by atoms with E-state index in [0.29, 0.717) is 22.7 Å². The average molecular weight is 389 g/mol. The molecule has 0 unspecified atom stereocenters. The van der Waals surface area contributed by atoms with Crippen LogP contribution in [0.2, 0.25) is 5.02 Å². The van der Waals surface area contributed by atoms with Crippen LogP contribution in [-0.4, -0.2) is 35.4 Å². The normalized spacial score (nSPS) is 10.3. The Bertz CT molecular complexity index is 869. The molecule has 2 aromatic rings. The predicted molar refractivity (Wildman–Crippen MR) is 103 cm³/mol. The van der Waals surface area contributed by atoms with Crippen LogP contribution in [0, 0.1) is 13.8 Å². The SMILES string of the molecule is C=CCn1c(C)cc(C(=O)COC(=O)CNC(=O)c2ccc(Cl)cc2)c1C. The highest BCUT2D eigenvalue weighted by molar-refractivity contribution is 6.30. The third-order valence-corrected chi connectivity index (χ3v) is 4.30. The van der Waals surface area contributed by atoms with Crippen LogP contribution in [0.4, 0.5) is 0 Å². The summed E-state index contributed by atoms with van der Waals surface area (Å²) < 4.78 is 6.93. The molecular formula is C20H21ClN2O4. The Kier molecular flexibility index (Phi) is 6.96. The van der Waals surface area contributed by atoms with Gasteiger partial charge in [-0.2, -0.15) is 0 Å². The van der Waals surface area contributed by atoms with Crippen molar-refractivity contribution in [3.8, 4) is 0 Å². The number of aromatic nitrogens is 1. The van der Waals surface area contributed by atoms with Crippen LogP contribution < -0.4 is 5.32 Å². The van der Waals surface area contributed by atoms with Crippen LogP contribution in [0.15, 0.2) is 43.0 Å². The van der Waals surface area contributed by atoms with Gasteiger partial charge in [0.05, 0.1) is 0 Å². The Morgan fingerprint density at radius 1 is 1.22 bits per heavy atom.